The van der Waals surface area contributed by atoms with Crippen LogP contribution in [0.4, 0.5) is 0 Å². The first-order valence-corrected chi connectivity index (χ1v) is 8.78. The van der Waals surface area contributed by atoms with Crippen LogP contribution in [0, 0.1) is 6.92 Å². The lowest BCUT2D eigenvalue weighted by Gasteiger charge is -2.23. The van der Waals surface area contributed by atoms with E-state index in [2.05, 4.69) is 11.4 Å². The van der Waals surface area contributed by atoms with Crippen molar-refractivity contribution in [2.45, 2.75) is 32.4 Å². The number of sulfone groups is 1. The molecule has 2 heterocycles. The molecule has 5 heteroatoms. The van der Waals surface area contributed by atoms with Crippen molar-refractivity contribution in [2.24, 2.45) is 0 Å². The van der Waals surface area contributed by atoms with Crippen LogP contribution in [0.5, 0.6) is 0 Å². The monoisotopic (exact) mass is 293 g/mol. The first-order chi connectivity index (χ1) is 9.55. The molecule has 3 rings (SSSR count). The summed E-state index contributed by atoms with van der Waals surface area (Å²) >= 11 is 0. The number of benzene rings is 1. The Morgan fingerprint density at radius 2 is 1.95 bits per heavy atom. The van der Waals surface area contributed by atoms with E-state index in [0.717, 1.165) is 23.3 Å². The zero-order valence-corrected chi connectivity index (χ0v) is 12.4. The smallest absolute Gasteiger partial charge is 0.150 e. The summed E-state index contributed by atoms with van der Waals surface area (Å²) < 4.78 is 28.6. The van der Waals surface area contributed by atoms with Crippen LogP contribution in [-0.4, -0.2) is 26.0 Å². The number of furan rings is 1. The van der Waals surface area contributed by atoms with E-state index in [4.69, 9.17) is 4.42 Å². The minimum atomic E-state index is -2.79. The largest absolute Gasteiger partial charge is 0.461 e. The van der Waals surface area contributed by atoms with Crippen LogP contribution >= 0.6 is 0 Å². The summed E-state index contributed by atoms with van der Waals surface area (Å²) in [6.07, 6.45) is 1.41. The molecule has 0 spiro atoms. The Bertz CT molecular complexity index is 704. The number of nitrogens with one attached hydrogen (secondary N) is 1. The maximum atomic E-state index is 11.4. The van der Waals surface area contributed by atoms with Crippen LogP contribution in [0.1, 0.15) is 24.2 Å². The van der Waals surface area contributed by atoms with Crippen LogP contribution in [-0.2, 0) is 16.4 Å². The van der Waals surface area contributed by atoms with Crippen LogP contribution in [0.2, 0.25) is 0 Å². The highest BCUT2D eigenvalue weighted by Crippen LogP contribution is 2.25. The first kappa shape index (κ1) is 13.6. The number of aryl methyl sites for hydroxylation is 1. The summed E-state index contributed by atoms with van der Waals surface area (Å²) in [4.78, 5) is 0. The minimum absolute atomic E-state index is 0.284. The fraction of sp³-hybridized carbons (Fsp3) is 0.467. The molecule has 108 valence electrons. The molecular formula is C15H19NO3S. The molecule has 0 unspecified atom stereocenters. The minimum Gasteiger partial charge on any atom is -0.461 e. The Morgan fingerprint density at radius 1 is 1.25 bits per heavy atom. The quantitative estimate of drug-likeness (QED) is 0.944. The van der Waals surface area contributed by atoms with Gasteiger partial charge >= 0.3 is 0 Å². The highest BCUT2D eigenvalue weighted by molar-refractivity contribution is 7.91. The van der Waals surface area contributed by atoms with E-state index in [9.17, 15) is 8.42 Å². The Balaban J connectivity index is 1.70. The molecule has 20 heavy (non-hydrogen) atoms. The van der Waals surface area contributed by atoms with Gasteiger partial charge in [-0.2, -0.15) is 0 Å². The normalized spacial score (nSPS) is 19.4. The number of hydrogen-bond donors (Lipinski definition) is 1. The number of para-hydroxylation sites is 1. The van der Waals surface area contributed by atoms with Crippen molar-refractivity contribution in [2.75, 3.05) is 11.5 Å². The predicted molar refractivity (Wildman–Crippen MR) is 79.5 cm³/mol. The lowest BCUT2D eigenvalue weighted by atomic mass is 10.1. The predicted octanol–water partition coefficient (Wildman–Crippen LogP) is 2.41. The van der Waals surface area contributed by atoms with Crippen LogP contribution in [0.15, 0.2) is 28.7 Å². The topological polar surface area (TPSA) is 59.3 Å². The molecule has 0 radical (unpaired) electrons. The van der Waals surface area contributed by atoms with Crippen molar-refractivity contribution in [3.05, 3.63) is 35.6 Å². The third kappa shape index (κ3) is 2.74. The van der Waals surface area contributed by atoms with E-state index in [-0.39, 0.29) is 6.04 Å². The third-order valence-electron chi connectivity index (χ3n) is 4.02. The Kier molecular flexibility index (Phi) is 3.56. The molecule has 4 nitrogen and oxygen atoms in total. The van der Waals surface area contributed by atoms with Gasteiger partial charge in [-0.25, -0.2) is 8.42 Å². The van der Waals surface area contributed by atoms with E-state index in [1.807, 2.05) is 25.1 Å². The molecule has 0 amide bonds. The maximum absolute atomic E-state index is 11.4. The van der Waals surface area contributed by atoms with Gasteiger partial charge in [0.15, 0.2) is 0 Å². The summed E-state index contributed by atoms with van der Waals surface area (Å²) in [6, 6.07) is 8.29. The lowest BCUT2D eigenvalue weighted by molar-refractivity contribution is 0.460. The summed E-state index contributed by atoms with van der Waals surface area (Å²) in [7, 11) is -2.79. The van der Waals surface area contributed by atoms with Gasteiger partial charge in [-0.15, -0.1) is 0 Å². The summed E-state index contributed by atoms with van der Waals surface area (Å²) in [6.45, 7) is 2.70. The van der Waals surface area contributed by atoms with Crippen molar-refractivity contribution in [1.82, 2.24) is 5.32 Å². The Labute approximate surface area is 119 Å². The second kappa shape index (κ2) is 5.22. The number of fused-ring (bicyclic) bond motifs is 1. The molecule has 1 aliphatic heterocycles. The van der Waals surface area contributed by atoms with Crippen LogP contribution in [0.25, 0.3) is 11.0 Å². The zero-order valence-electron chi connectivity index (χ0n) is 11.6. The molecule has 0 saturated carbocycles. The summed E-state index contributed by atoms with van der Waals surface area (Å²) in [5.74, 6) is 1.54. The van der Waals surface area contributed by atoms with E-state index in [1.54, 1.807) is 0 Å². The van der Waals surface area contributed by atoms with E-state index >= 15 is 0 Å². The second-order valence-corrected chi connectivity index (χ2v) is 7.74. The van der Waals surface area contributed by atoms with Crippen molar-refractivity contribution >= 4 is 20.8 Å². The fourth-order valence-corrected chi connectivity index (χ4v) is 4.27. The van der Waals surface area contributed by atoms with Gasteiger partial charge in [0.25, 0.3) is 0 Å². The number of hydrogen-bond acceptors (Lipinski definition) is 4. The van der Waals surface area contributed by atoms with Crippen LogP contribution < -0.4 is 5.32 Å². The van der Waals surface area contributed by atoms with Gasteiger partial charge in [-0.3, -0.25) is 0 Å². The summed E-state index contributed by atoms with van der Waals surface area (Å²) in [5.41, 5.74) is 2.09. The molecular weight excluding hydrogens is 274 g/mol. The summed E-state index contributed by atoms with van der Waals surface area (Å²) in [5, 5.41) is 4.61. The fourth-order valence-electron chi connectivity index (χ4n) is 2.78. The van der Waals surface area contributed by atoms with E-state index in [0.29, 0.717) is 24.3 Å². The molecule has 1 aliphatic rings. The SMILES string of the molecule is Cc1oc2ccccc2c1CNC1CCS(=O)(=O)CC1. The number of rotatable bonds is 3. The molecule has 1 N–H and O–H groups in total. The maximum Gasteiger partial charge on any atom is 0.150 e. The highest BCUT2D eigenvalue weighted by Gasteiger charge is 2.23. The van der Waals surface area contributed by atoms with Crippen molar-refractivity contribution < 1.29 is 12.8 Å². The Morgan fingerprint density at radius 3 is 2.70 bits per heavy atom. The standard InChI is InChI=1S/C15H19NO3S/c1-11-14(13-4-2-3-5-15(13)19-11)10-16-12-6-8-20(17,18)9-7-12/h2-5,12,16H,6-10H2,1H3. The first-order valence-electron chi connectivity index (χ1n) is 6.96. The molecule has 1 aromatic carbocycles. The average molecular weight is 293 g/mol. The molecule has 0 atom stereocenters. The van der Waals surface area contributed by atoms with Crippen LogP contribution in [0.3, 0.4) is 0 Å². The van der Waals surface area contributed by atoms with Gasteiger partial charge in [0, 0.05) is 23.5 Å². The third-order valence-corrected chi connectivity index (χ3v) is 5.74. The van der Waals surface area contributed by atoms with E-state index < -0.39 is 9.84 Å². The van der Waals surface area contributed by atoms with Gasteiger partial charge < -0.3 is 9.73 Å². The zero-order chi connectivity index (χ0) is 14.2. The van der Waals surface area contributed by atoms with Crippen molar-refractivity contribution in [1.29, 1.82) is 0 Å². The van der Waals surface area contributed by atoms with Gasteiger partial charge in [0.2, 0.25) is 0 Å². The van der Waals surface area contributed by atoms with Gasteiger partial charge in [-0.1, -0.05) is 18.2 Å². The lowest BCUT2D eigenvalue weighted by Crippen LogP contribution is -2.37. The molecule has 1 aromatic heterocycles. The second-order valence-electron chi connectivity index (χ2n) is 5.44. The average Bonchev–Trinajstić information content (AvgIpc) is 2.73. The van der Waals surface area contributed by atoms with Crippen molar-refractivity contribution in [3.8, 4) is 0 Å². The van der Waals surface area contributed by atoms with Crippen molar-refractivity contribution in [3.63, 3.8) is 0 Å². The Hall–Kier alpha value is -1.33. The molecule has 2 aromatic rings. The molecule has 1 saturated heterocycles. The molecule has 0 bridgehead atoms. The highest BCUT2D eigenvalue weighted by atomic mass is 32.2. The van der Waals surface area contributed by atoms with Gasteiger partial charge in [0.05, 0.1) is 11.5 Å². The van der Waals surface area contributed by atoms with Gasteiger partial charge in [0.1, 0.15) is 21.2 Å². The van der Waals surface area contributed by atoms with E-state index in [1.165, 1.54) is 5.56 Å². The van der Waals surface area contributed by atoms with Gasteiger partial charge in [-0.05, 0) is 25.8 Å². The molecule has 0 aliphatic carbocycles. The molecule has 1 fully saturated rings.